The number of hydrogen-bond donors (Lipinski definition) is 2. The number of aromatic nitrogens is 1. The summed E-state index contributed by atoms with van der Waals surface area (Å²) in [5.41, 5.74) is 5.86. The zero-order valence-corrected chi connectivity index (χ0v) is 24.3. The molecular formula is C28H41N5O4S. The Balaban J connectivity index is 0.00000161. The molecular weight excluding hydrogens is 502 g/mol. The van der Waals surface area contributed by atoms with Crippen molar-refractivity contribution in [1.29, 1.82) is 0 Å². The lowest BCUT2D eigenvalue weighted by Crippen LogP contribution is -2.42. The third-order valence-electron chi connectivity index (χ3n) is 5.40. The Morgan fingerprint density at radius 1 is 1.24 bits per heavy atom. The van der Waals surface area contributed by atoms with Crippen LogP contribution in [0.5, 0.6) is 11.6 Å². The maximum Gasteiger partial charge on any atom is 0.251 e. The molecule has 0 saturated carbocycles. The highest BCUT2D eigenvalue weighted by Crippen LogP contribution is 2.23. The van der Waals surface area contributed by atoms with Crippen LogP contribution in [0.2, 0.25) is 0 Å². The van der Waals surface area contributed by atoms with Crippen molar-refractivity contribution in [3.05, 3.63) is 53.2 Å². The molecule has 1 aliphatic heterocycles. The Hall–Kier alpha value is -3.11. The van der Waals surface area contributed by atoms with Crippen LogP contribution in [-0.4, -0.2) is 65.8 Å². The van der Waals surface area contributed by atoms with Crippen molar-refractivity contribution < 1.29 is 19.1 Å². The molecule has 0 radical (unpaired) electrons. The monoisotopic (exact) mass is 543 g/mol. The Morgan fingerprint density at radius 2 is 1.92 bits per heavy atom. The van der Waals surface area contributed by atoms with Gasteiger partial charge in [0, 0.05) is 43.4 Å². The van der Waals surface area contributed by atoms with E-state index in [-0.39, 0.29) is 24.0 Å². The molecule has 1 aliphatic rings. The molecule has 38 heavy (non-hydrogen) atoms. The number of aryl methyl sites for hydroxylation is 1. The minimum Gasteiger partial charge on any atom is -0.489 e. The fourth-order valence-corrected chi connectivity index (χ4v) is 4.62. The number of carbonyl (C=O) groups is 2. The van der Waals surface area contributed by atoms with Gasteiger partial charge in [-0.1, -0.05) is 20.3 Å². The zero-order valence-electron chi connectivity index (χ0n) is 23.5. The standard InChI is InChI=1S/C25H33N5O4S.C3H8/c1-16(2)34-23-11-18(10-17(3)27-23)14-33-20-8-6-19(7-9-20)24(32)28-22-13-30(5)12-21(22)25(29-26-4)35-15-31;1-3-2/h6-11,15-16,21-22,26H,12-14H2,1-5H3,(H,28,32);3H2,1-2H3/b29-25-;. The van der Waals surface area contributed by atoms with Gasteiger partial charge in [-0.15, -0.1) is 0 Å². The van der Waals surface area contributed by atoms with Gasteiger partial charge in [-0.3, -0.25) is 9.59 Å². The van der Waals surface area contributed by atoms with E-state index in [1.165, 1.54) is 6.42 Å². The molecule has 0 aliphatic carbocycles. The average Bonchev–Trinajstić information content (AvgIpc) is 3.22. The number of ether oxygens (including phenoxy) is 2. The van der Waals surface area contributed by atoms with Crippen LogP contribution >= 0.6 is 11.8 Å². The highest BCUT2D eigenvalue weighted by molar-refractivity contribution is 8.24. The van der Waals surface area contributed by atoms with Crippen molar-refractivity contribution in [2.45, 2.75) is 59.8 Å². The first-order valence-electron chi connectivity index (χ1n) is 12.9. The molecule has 0 spiro atoms. The number of thioether (sulfide) groups is 1. The van der Waals surface area contributed by atoms with Crippen molar-refractivity contribution in [3.8, 4) is 11.6 Å². The quantitative estimate of drug-likeness (QED) is 0.198. The molecule has 0 bridgehead atoms. The number of likely N-dealkylation sites (N-methyl/N-ethyl adjacent to an activating group) is 1. The largest absolute Gasteiger partial charge is 0.489 e. The lowest BCUT2D eigenvalue weighted by molar-refractivity contribution is 0.0935. The van der Waals surface area contributed by atoms with Crippen molar-refractivity contribution in [2.24, 2.45) is 11.0 Å². The molecule has 2 N–H and O–H groups in total. The van der Waals surface area contributed by atoms with Crippen LogP contribution in [0.15, 0.2) is 41.5 Å². The minimum atomic E-state index is -0.179. The molecule has 2 unspecified atom stereocenters. The maximum absolute atomic E-state index is 12.9. The van der Waals surface area contributed by atoms with E-state index >= 15 is 0 Å². The highest BCUT2D eigenvalue weighted by atomic mass is 32.2. The lowest BCUT2D eigenvalue weighted by Gasteiger charge is -2.20. The van der Waals surface area contributed by atoms with E-state index in [2.05, 4.69) is 39.6 Å². The molecule has 1 amide bonds. The van der Waals surface area contributed by atoms with E-state index < -0.39 is 0 Å². The van der Waals surface area contributed by atoms with Crippen LogP contribution in [0.25, 0.3) is 0 Å². The Kier molecular flexibility index (Phi) is 13.1. The lowest BCUT2D eigenvalue weighted by atomic mass is 10.0. The summed E-state index contributed by atoms with van der Waals surface area (Å²) in [6.07, 6.45) is 1.29. The summed E-state index contributed by atoms with van der Waals surface area (Å²) >= 11 is 1.04. The molecule has 1 saturated heterocycles. The summed E-state index contributed by atoms with van der Waals surface area (Å²) in [6, 6.07) is 10.7. The molecule has 208 valence electrons. The number of rotatable bonds is 10. The van der Waals surface area contributed by atoms with Gasteiger partial charge in [-0.25, -0.2) is 4.98 Å². The van der Waals surface area contributed by atoms with Crippen molar-refractivity contribution >= 4 is 28.3 Å². The summed E-state index contributed by atoms with van der Waals surface area (Å²) in [5, 5.41) is 7.99. The van der Waals surface area contributed by atoms with E-state index in [0.29, 0.717) is 41.9 Å². The maximum atomic E-state index is 12.9. The third kappa shape index (κ3) is 9.98. The molecule has 1 fully saturated rings. The van der Waals surface area contributed by atoms with Crippen molar-refractivity contribution in [2.75, 3.05) is 27.2 Å². The molecule has 2 aromatic rings. The summed E-state index contributed by atoms with van der Waals surface area (Å²) in [4.78, 5) is 30.5. The van der Waals surface area contributed by atoms with Crippen molar-refractivity contribution in [1.82, 2.24) is 20.6 Å². The first-order valence-corrected chi connectivity index (χ1v) is 13.8. The van der Waals surface area contributed by atoms with Crippen LogP contribution in [-0.2, 0) is 11.4 Å². The normalized spacial score (nSPS) is 17.4. The number of hydrogen-bond acceptors (Lipinski definition) is 9. The van der Waals surface area contributed by atoms with Crippen LogP contribution in [0.3, 0.4) is 0 Å². The second kappa shape index (κ2) is 16.0. The average molecular weight is 544 g/mol. The Morgan fingerprint density at radius 3 is 2.53 bits per heavy atom. The van der Waals surface area contributed by atoms with Gasteiger partial charge < -0.3 is 25.1 Å². The first-order chi connectivity index (χ1) is 18.2. The van der Waals surface area contributed by atoms with Crippen LogP contribution in [0.1, 0.15) is 55.7 Å². The van der Waals surface area contributed by atoms with E-state index in [9.17, 15) is 9.59 Å². The number of benzene rings is 1. The molecule has 1 aromatic heterocycles. The molecule has 10 heteroatoms. The zero-order chi connectivity index (χ0) is 28.1. The summed E-state index contributed by atoms with van der Waals surface area (Å²) in [7, 11) is 3.67. The number of carbonyl (C=O) groups excluding carboxylic acids is 2. The van der Waals surface area contributed by atoms with Gasteiger partial charge in [0.15, 0.2) is 5.62 Å². The number of likely N-dealkylation sites (tertiary alicyclic amines) is 1. The summed E-state index contributed by atoms with van der Waals surface area (Å²) < 4.78 is 11.6. The smallest absolute Gasteiger partial charge is 0.251 e. The fraction of sp³-hybridized carbons (Fsp3) is 0.500. The van der Waals surface area contributed by atoms with Gasteiger partial charge in [0.1, 0.15) is 17.4 Å². The Bertz CT molecular complexity index is 1060. The van der Waals surface area contributed by atoms with E-state index in [1.54, 1.807) is 31.3 Å². The third-order valence-corrected chi connectivity index (χ3v) is 6.13. The van der Waals surface area contributed by atoms with Crippen molar-refractivity contribution in [3.63, 3.8) is 0 Å². The number of nitrogens with zero attached hydrogens (tertiary/aromatic N) is 3. The van der Waals surface area contributed by atoms with Crippen LogP contribution in [0, 0.1) is 12.8 Å². The summed E-state index contributed by atoms with van der Waals surface area (Å²) in [6.45, 7) is 11.8. The van der Waals surface area contributed by atoms with Gasteiger partial charge in [0.05, 0.1) is 12.1 Å². The second-order valence-electron chi connectivity index (χ2n) is 9.44. The number of pyridine rings is 1. The summed E-state index contributed by atoms with van der Waals surface area (Å²) in [5.74, 6) is 0.993. The molecule has 1 aromatic carbocycles. The van der Waals surface area contributed by atoms with Gasteiger partial charge >= 0.3 is 0 Å². The minimum absolute atomic E-state index is 0.0441. The van der Waals surface area contributed by atoms with E-state index in [1.807, 2.05) is 40.0 Å². The topological polar surface area (TPSA) is 105 Å². The van der Waals surface area contributed by atoms with Gasteiger partial charge in [-0.2, -0.15) is 5.10 Å². The first kappa shape index (κ1) is 31.1. The highest BCUT2D eigenvalue weighted by Gasteiger charge is 2.36. The Labute approximate surface area is 230 Å². The van der Waals surface area contributed by atoms with E-state index in [0.717, 1.165) is 28.6 Å². The number of amides is 1. The molecule has 2 atom stereocenters. The van der Waals surface area contributed by atoms with E-state index in [4.69, 9.17) is 9.47 Å². The number of hydrazone groups is 1. The predicted molar refractivity (Wildman–Crippen MR) is 155 cm³/mol. The molecule has 9 nitrogen and oxygen atoms in total. The predicted octanol–water partition coefficient (Wildman–Crippen LogP) is 4.29. The SMILES string of the molecule is CCC.CN/N=C(\SC=O)C1CN(C)CC1NC(=O)c1ccc(OCc2cc(C)nc(OC(C)C)c2)cc1. The van der Waals surface area contributed by atoms with Gasteiger partial charge in [0.25, 0.3) is 5.91 Å². The molecule has 2 heterocycles. The molecule has 3 rings (SSSR count). The van der Waals surface area contributed by atoms with Crippen LogP contribution in [0.4, 0.5) is 0 Å². The number of nitrogens with one attached hydrogen (secondary N) is 2. The van der Waals surface area contributed by atoms with Gasteiger partial charge in [0.2, 0.25) is 5.88 Å². The second-order valence-corrected chi connectivity index (χ2v) is 10.3. The van der Waals surface area contributed by atoms with Gasteiger partial charge in [-0.05, 0) is 75.5 Å². The van der Waals surface area contributed by atoms with Crippen LogP contribution < -0.4 is 20.2 Å². The fourth-order valence-electron chi connectivity index (χ4n) is 3.97.